The van der Waals surface area contributed by atoms with Gasteiger partial charge in [0, 0.05) is 11.8 Å². The van der Waals surface area contributed by atoms with Crippen LogP contribution in [0.1, 0.15) is 17.3 Å². The Morgan fingerprint density at radius 1 is 1.36 bits per heavy atom. The topological polar surface area (TPSA) is 29.4 Å². The number of benzene rings is 1. The highest BCUT2D eigenvalue weighted by atomic mass is 16.1. The molecule has 0 saturated heterocycles. The van der Waals surface area contributed by atoms with Gasteiger partial charge in [-0.3, -0.25) is 9.79 Å². The lowest BCUT2D eigenvalue weighted by Gasteiger charge is -1.94. The molecule has 2 heteroatoms. The third-order valence-electron chi connectivity index (χ3n) is 1.33. The van der Waals surface area contributed by atoms with Crippen LogP contribution in [0.15, 0.2) is 29.3 Å². The maximum absolute atomic E-state index is 10.4. The van der Waals surface area contributed by atoms with E-state index in [1.165, 1.54) is 0 Å². The van der Waals surface area contributed by atoms with Gasteiger partial charge in [-0.25, -0.2) is 0 Å². The van der Waals surface area contributed by atoms with Crippen LogP contribution in [0, 0.1) is 0 Å². The van der Waals surface area contributed by atoms with Gasteiger partial charge in [-0.05, 0) is 19.1 Å². The Hall–Kier alpha value is -1.44. The Morgan fingerprint density at radius 2 is 2.09 bits per heavy atom. The summed E-state index contributed by atoms with van der Waals surface area (Å²) in [4.78, 5) is 14.4. The summed E-state index contributed by atoms with van der Waals surface area (Å²) in [6, 6.07) is 7.23. The van der Waals surface area contributed by atoms with Crippen molar-refractivity contribution in [1.82, 2.24) is 0 Å². The summed E-state index contributed by atoms with van der Waals surface area (Å²) < 4.78 is 0. The molecule has 0 heterocycles. The molecular weight excluding hydrogens is 138 g/mol. The van der Waals surface area contributed by atoms with Gasteiger partial charge in [0.05, 0.1) is 5.69 Å². The molecule has 0 N–H and O–H groups in total. The largest absolute Gasteiger partial charge is 0.298 e. The quantitative estimate of drug-likeness (QED) is 0.466. The molecule has 0 aliphatic carbocycles. The van der Waals surface area contributed by atoms with Crippen LogP contribution in [-0.2, 0) is 0 Å². The second-order valence-corrected chi connectivity index (χ2v) is 2.06. The summed E-state index contributed by atoms with van der Waals surface area (Å²) in [5, 5.41) is 0. The normalized spacial score (nSPS) is 10.3. The maximum atomic E-state index is 10.4. The average Bonchev–Trinajstić information content (AvgIpc) is 2.06. The molecule has 0 aliphatic heterocycles. The summed E-state index contributed by atoms with van der Waals surface area (Å²) in [7, 11) is 0. The van der Waals surface area contributed by atoms with Crippen LogP contribution in [0.4, 0.5) is 5.69 Å². The molecule has 0 radical (unpaired) electrons. The molecule has 0 spiro atoms. The van der Waals surface area contributed by atoms with Crippen LogP contribution in [0.2, 0.25) is 0 Å². The fourth-order valence-corrected chi connectivity index (χ4v) is 0.844. The van der Waals surface area contributed by atoms with E-state index < -0.39 is 0 Å². The molecule has 11 heavy (non-hydrogen) atoms. The van der Waals surface area contributed by atoms with Gasteiger partial charge in [0.2, 0.25) is 0 Å². The minimum atomic E-state index is 0.630. The zero-order valence-corrected chi connectivity index (χ0v) is 6.32. The molecular formula is C9H9NO. The second-order valence-electron chi connectivity index (χ2n) is 2.06. The van der Waals surface area contributed by atoms with Crippen molar-refractivity contribution in [2.75, 3.05) is 0 Å². The van der Waals surface area contributed by atoms with Crippen molar-refractivity contribution in [3.8, 4) is 0 Å². The van der Waals surface area contributed by atoms with Gasteiger partial charge >= 0.3 is 0 Å². The highest BCUT2D eigenvalue weighted by Crippen LogP contribution is 2.15. The molecule has 1 aromatic carbocycles. The van der Waals surface area contributed by atoms with Crippen LogP contribution in [0.25, 0.3) is 0 Å². The highest BCUT2D eigenvalue weighted by molar-refractivity contribution is 5.84. The number of para-hydroxylation sites is 1. The minimum Gasteiger partial charge on any atom is -0.298 e. The summed E-state index contributed by atoms with van der Waals surface area (Å²) in [5.41, 5.74) is 1.36. The number of nitrogens with zero attached hydrogens (tertiary/aromatic N) is 1. The zero-order chi connectivity index (χ0) is 8.10. The van der Waals surface area contributed by atoms with Gasteiger partial charge in [-0.15, -0.1) is 0 Å². The van der Waals surface area contributed by atoms with Crippen LogP contribution < -0.4 is 0 Å². The van der Waals surface area contributed by atoms with E-state index in [1.807, 2.05) is 25.1 Å². The molecule has 1 rings (SSSR count). The predicted molar refractivity (Wildman–Crippen MR) is 45.7 cm³/mol. The van der Waals surface area contributed by atoms with E-state index in [0.29, 0.717) is 5.56 Å². The smallest absolute Gasteiger partial charge is 0.152 e. The molecule has 0 aliphatic rings. The molecule has 0 aromatic heterocycles. The zero-order valence-electron chi connectivity index (χ0n) is 6.32. The maximum Gasteiger partial charge on any atom is 0.152 e. The monoisotopic (exact) mass is 147 g/mol. The number of rotatable bonds is 2. The van der Waals surface area contributed by atoms with Crippen LogP contribution in [-0.4, -0.2) is 12.5 Å². The minimum absolute atomic E-state index is 0.630. The first kappa shape index (κ1) is 7.66. The first-order chi connectivity index (χ1) is 5.38. The fourth-order valence-electron chi connectivity index (χ4n) is 0.844. The van der Waals surface area contributed by atoms with Crippen molar-refractivity contribution in [3.63, 3.8) is 0 Å². The fraction of sp³-hybridized carbons (Fsp3) is 0.111. The van der Waals surface area contributed by atoms with Gasteiger partial charge in [-0.2, -0.15) is 0 Å². The Balaban J connectivity index is 3.11. The van der Waals surface area contributed by atoms with E-state index in [-0.39, 0.29) is 0 Å². The summed E-state index contributed by atoms with van der Waals surface area (Å²) in [6.07, 6.45) is 2.48. The van der Waals surface area contributed by atoms with E-state index in [9.17, 15) is 4.79 Å². The van der Waals surface area contributed by atoms with Crippen LogP contribution in [0.5, 0.6) is 0 Å². The molecule has 0 unspecified atom stereocenters. The lowest BCUT2D eigenvalue weighted by atomic mass is 10.2. The predicted octanol–water partition coefficient (Wildman–Crippen LogP) is 2.22. The highest BCUT2D eigenvalue weighted by Gasteiger charge is 1.94. The number of carbonyl (C=O) groups excluding carboxylic acids is 1. The average molecular weight is 147 g/mol. The Bertz CT molecular complexity index is 279. The lowest BCUT2D eigenvalue weighted by molar-refractivity contribution is 0.112. The van der Waals surface area contributed by atoms with Crippen LogP contribution >= 0.6 is 0 Å². The Morgan fingerprint density at radius 3 is 2.73 bits per heavy atom. The Kier molecular flexibility index (Phi) is 2.55. The summed E-state index contributed by atoms with van der Waals surface area (Å²) in [6.45, 7) is 1.82. The van der Waals surface area contributed by atoms with E-state index in [4.69, 9.17) is 0 Å². The molecule has 1 aromatic rings. The lowest BCUT2D eigenvalue weighted by Crippen LogP contribution is -1.78. The third kappa shape index (κ3) is 1.74. The van der Waals surface area contributed by atoms with E-state index >= 15 is 0 Å². The van der Waals surface area contributed by atoms with Gasteiger partial charge in [0.25, 0.3) is 0 Å². The van der Waals surface area contributed by atoms with Crippen molar-refractivity contribution in [2.24, 2.45) is 4.99 Å². The first-order valence-corrected chi connectivity index (χ1v) is 3.41. The SMILES string of the molecule is CC=Nc1ccccc1C=O. The van der Waals surface area contributed by atoms with Crippen molar-refractivity contribution in [1.29, 1.82) is 0 Å². The third-order valence-corrected chi connectivity index (χ3v) is 1.33. The number of hydrogen-bond acceptors (Lipinski definition) is 2. The standard InChI is InChI=1S/C9H9NO/c1-2-10-9-6-4-3-5-8(9)7-11/h2-7H,1H3. The number of hydrogen-bond donors (Lipinski definition) is 0. The van der Waals surface area contributed by atoms with Gasteiger partial charge < -0.3 is 0 Å². The summed E-state index contributed by atoms with van der Waals surface area (Å²) >= 11 is 0. The molecule has 0 bridgehead atoms. The van der Waals surface area contributed by atoms with E-state index in [0.717, 1.165) is 12.0 Å². The van der Waals surface area contributed by atoms with Crippen molar-refractivity contribution < 1.29 is 4.79 Å². The first-order valence-electron chi connectivity index (χ1n) is 3.41. The van der Waals surface area contributed by atoms with Gasteiger partial charge in [-0.1, -0.05) is 12.1 Å². The van der Waals surface area contributed by atoms with Crippen LogP contribution in [0.3, 0.4) is 0 Å². The number of aldehydes is 1. The molecule has 0 atom stereocenters. The van der Waals surface area contributed by atoms with Gasteiger partial charge in [0.15, 0.2) is 6.29 Å². The Labute approximate surface area is 65.6 Å². The van der Waals surface area contributed by atoms with E-state index in [1.54, 1.807) is 12.3 Å². The summed E-state index contributed by atoms with van der Waals surface area (Å²) in [5.74, 6) is 0. The van der Waals surface area contributed by atoms with Crippen molar-refractivity contribution in [2.45, 2.75) is 6.92 Å². The molecule has 0 saturated carbocycles. The van der Waals surface area contributed by atoms with Gasteiger partial charge in [0.1, 0.15) is 0 Å². The number of aliphatic imine (C=N–C) groups is 1. The van der Waals surface area contributed by atoms with Crippen molar-refractivity contribution in [3.05, 3.63) is 29.8 Å². The molecule has 0 fully saturated rings. The molecule has 0 amide bonds. The number of carbonyl (C=O) groups is 1. The molecule has 2 nitrogen and oxygen atoms in total. The van der Waals surface area contributed by atoms with E-state index in [2.05, 4.69) is 4.99 Å². The second kappa shape index (κ2) is 3.66. The van der Waals surface area contributed by atoms with Crippen molar-refractivity contribution >= 4 is 18.2 Å². The molecule has 56 valence electrons.